The number of carbonyl (C=O) groups excluding carboxylic acids is 1. The maximum absolute atomic E-state index is 13.6. The lowest BCUT2D eigenvalue weighted by atomic mass is 9.96. The van der Waals surface area contributed by atoms with Gasteiger partial charge in [-0.25, -0.2) is 9.18 Å². The van der Waals surface area contributed by atoms with Gasteiger partial charge in [0.2, 0.25) is 5.91 Å². The maximum Gasteiger partial charge on any atom is 0.326 e. The van der Waals surface area contributed by atoms with Crippen molar-refractivity contribution in [1.82, 2.24) is 5.32 Å². The van der Waals surface area contributed by atoms with E-state index in [0.29, 0.717) is 12.0 Å². The van der Waals surface area contributed by atoms with Crippen LogP contribution in [0.2, 0.25) is 0 Å². The fourth-order valence-corrected chi connectivity index (χ4v) is 2.18. The van der Waals surface area contributed by atoms with Gasteiger partial charge in [-0.1, -0.05) is 44.9 Å². The fraction of sp³-hybridized carbons (Fsp3) is 0.500. The van der Waals surface area contributed by atoms with Crippen molar-refractivity contribution < 1.29 is 19.1 Å². The normalized spacial score (nSPS) is 13.5. The molecule has 0 heterocycles. The number of carboxylic acids is 1. The molecule has 2 N–H and O–H groups in total. The molecule has 5 heteroatoms. The lowest BCUT2D eigenvalue weighted by Crippen LogP contribution is -2.41. The number of amides is 1. The number of benzene rings is 1. The summed E-state index contributed by atoms with van der Waals surface area (Å²) in [5, 5.41) is 11.6. The molecule has 1 rings (SSSR count). The molecule has 0 fully saturated rings. The van der Waals surface area contributed by atoms with Crippen molar-refractivity contribution in [2.24, 2.45) is 0 Å². The molecule has 0 aromatic heterocycles. The van der Waals surface area contributed by atoms with E-state index in [1.807, 2.05) is 6.92 Å². The smallest absolute Gasteiger partial charge is 0.326 e. The summed E-state index contributed by atoms with van der Waals surface area (Å²) in [5.74, 6) is -2.05. The summed E-state index contributed by atoms with van der Waals surface area (Å²) in [6.45, 7) is 3.71. The Bertz CT molecular complexity index is 490. The Morgan fingerprint density at radius 1 is 1.33 bits per heavy atom. The second-order valence-electron chi connectivity index (χ2n) is 5.23. The van der Waals surface area contributed by atoms with Crippen LogP contribution in [0.5, 0.6) is 0 Å². The van der Waals surface area contributed by atoms with Crippen LogP contribution in [0.1, 0.15) is 51.0 Å². The van der Waals surface area contributed by atoms with E-state index in [4.69, 9.17) is 5.11 Å². The molecular weight excluding hydrogens is 273 g/mol. The van der Waals surface area contributed by atoms with Gasteiger partial charge in [0.1, 0.15) is 11.9 Å². The first-order valence-electron chi connectivity index (χ1n) is 7.22. The summed E-state index contributed by atoms with van der Waals surface area (Å²) in [6.07, 6.45) is 2.08. The summed E-state index contributed by atoms with van der Waals surface area (Å²) in [6, 6.07) is 5.43. The number of hydrogen-bond donors (Lipinski definition) is 2. The van der Waals surface area contributed by atoms with Crippen LogP contribution in [0.15, 0.2) is 24.3 Å². The lowest BCUT2D eigenvalue weighted by molar-refractivity contribution is -0.142. The molecule has 0 spiro atoms. The van der Waals surface area contributed by atoms with Gasteiger partial charge in [-0.15, -0.1) is 0 Å². The fourth-order valence-electron chi connectivity index (χ4n) is 2.18. The number of nitrogens with one attached hydrogen (secondary N) is 1. The van der Waals surface area contributed by atoms with Crippen molar-refractivity contribution >= 4 is 11.9 Å². The molecular formula is C16H22FNO3. The predicted molar refractivity (Wildman–Crippen MR) is 78.5 cm³/mol. The zero-order valence-electron chi connectivity index (χ0n) is 12.4. The minimum atomic E-state index is -1.03. The molecule has 1 amide bonds. The van der Waals surface area contributed by atoms with E-state index in [1.54, 1.807) is 25.1 Å². The van der Waals surface area contributed by atoms with Gasteiger partial charge in [0.05, 0.1) is 0 Å². The van der Waals surface area contributed by atoms with Crippen molar-refractivity contribution in [1.29, 1.82) is 0 Å². The third-order valence-corrected chi connectivity index (χ3v) is 3.41. The van der Waals surface area contributed by atoms with Crippen LogP contribution in [0.3, 0.4) is 0 Å². The molecule has 0 saturated heterocycles. The van der Waals surface area contributed by atoms with E-state index in [-0.39, 0.29) is 24.1 Å². The molecule has 0 aliphatic heterocycles. The molecule has 0 aliphatic carbocycles. The molecule has 0 bridgehead atoms. The van der Waals surface area contributed by atoms with Gasteiger partial charge >= 0.3 is 5.97 Å². The lowest BCUT2D eigenvalue weighted by Gasteiger charge is -2.17. The van der Waals surface area contributed by atoms with Crippen LogP contribution >= 0.6 is 0 Å². The Kier molecular flexibility index (Phi) is 6.85. The molecule has 2 atom stereocenters. The molecule has 2 unspecified atom stereocenters. The van der Waals surface area contributed by atoms with Gasteiger partial charge in [0, 0.05) is 6.42 Å². The van der Waals surface area contributed by atoms with E-state index in [2.05, 4.69) is 5.32 Å². The van der Waals surface area contributed by atoms with Crippen molar-refractivity contribution in [3.8, 4) is 0 Å². The van der Waals surface area contributed by atoms with Crippen LogP contribution in [0.25, 0.3) is 0 Å². The minimum absolute atomic E-state index is 0.0663. The molecule has 1 aromatic carbocycles. The highest BCUT2D eigenvalue weighted by Gasteiger charge is 2.21. The van der Waals surface area contributed by atoms with Gasteiger partial charge in [0.15, 0.2) is 0 Å². The number of unbranched alkanes of at least 4 members (excludes halogenated alkanes) is 1. The highest BCUT2D eigenvalue weighted by molar-refractivity contribution is 5.83. The largest absolute Gasteiger partial charge is 0.480 e. The second kappa shape index (κ2) is 8.39. The zero-order valence-corrected chi connectivity index (χ0v) is 12.4. The van der Waals surface area contributed by atoms with Gasteiger partial charge in [0.25, 0.3) is 0 Å². The molecule has 0 aliphatic rings. The van der Waals surface area contributed by atoms with Gasteiger partial charge in [-0.05, 0) is 24.0 Å². The van der Waals surface area contributed by atoms with E-state index in [1.165, 1.54) is 6.07 Å². The number of carboxylic acid groups (broad SMARTS) is 1. The zero-order chi connectivity index (χ0) is 15.8. The van der Waals surface area contributed by atoms with Crippen molar-refractivity contribution in [3.05, 3.63) is 35.6 Å². The summed E-state index contributed by atoms with van der Waals surface area (Å²) in [4.78, 5) is 23.0. The average Bonchev–Trinajstić information content (AvgIpc) is 2.43. The molecule has 21 heavy (non-hydrogen) atoms. The first-order valence-corrected chi connectivity index (χ1v) is 7.22. The van der Waals surface area contributed by atoms with Crippen molar-refractivity contribution in [2.75, 3.05) is 0 Å². The van der Waals surface area contributed by atoms with Crippen LogP contribution in [0.4, 0.5) is 4.39 Å². The second-order valence-corrected chi connectivity index (χ2v) is 5.23. The van der Waals surface area contributed by atoms with E-state index in [0.717, 1.165) is 12.8 Å². The Morgan fingerprint density at radius 3 is 2.57 bits per heavy atom. The van der Waals surface area contributed by atoms with E-state index in [9.17, 15) is 14.0 Å². The SMILES string of the molecule is CCCCC(NC(=O)CC(C)c1ccccc1F)C(=O)O. The molecule has 4 nitrogen and oxygen atoms in total. The molecule has 0 saturated carbocycles. The number of rotatable bonds is 8. The predicted octanol–water partition coefficient (Wildman–Crippen LogP) is 3.08. The number of hydrogen-bond acceptors (Lipinski definition) is 2. The maximum atomic E-state index is 13.6. The highest BCUT2D eigenvalue weighted by Crippen LogP contribution is 2.21. The number of carbonyl (C=O) groups is 2. The first kappa shape index (κ1) is 17.1. The summed E-state index contributed by atoms with van der Waals surface area (Å²) < 4.78 is 13.6. The third kappa shape index (κ3) is 5.53. The Balaban J connectivity index is 2.59. The van der Waals surface area contributed by atoms with Crippen LogP contribution < -0.4 is 5.32 Å². The highest BCUT2D eigenvalue weighted by atomic mass is 19.1. The molecule has 116 valence electrons. The number of aliphatic carboxylic acids is 1. The van der Waals surface area contributed by atoms with Crippen LogP contribution in [0, 0.1) is 5.82 Å². The summed E-state index contributed by atoms with van der Waals surface area (Å²) >= 11 is 0. The summed E-state index contributed by atoms with van der Waals surface area (Å²) in [7, 11) is 0. The molecule has 1 aromatic rings. The molecule has 0 radical (unpaired) electrons. The Morgan fingerprint density at radius 2 is 2.00 bits per heavy atom. The number of halogens is 1. The van der Waals surface area contributed by atoms with Crippen LogP contribution in [-0.4, -0.2) is 23.0 Å². The third-order valence-electron chi connectivity index (χ3n) is 3.41. The van der Waals surface area contributed by atoms with Gasteiger partial charge in [-0.3, -0.25) is 4.79 Å². The minimum Gasteiger partial charge on any atom is -0.480 e. The Hall–Kier alpha value is -1.91. The van der Waals surface area contributed by atoms with E-state index < -0.39 is 12.0 Å². The van der Waals surface area contributed by atoms with Crippen LogP contribution in [-0.2, 0) is 9.59 Å². The van der Waals surface area contributed by atoms with Gasteiger partial charge < -0.3 is 10.4 Å². The van der Waals surface area contributed by atoms with Crippen molar-refractivity contribution in [3.63, 3.8) is 0 Å². The van der Waals surface area contributed by atoms with Gasteiger partial charge in [-0.2, -0.15) is 0 Å². The standard InChI is InChI=1S/C16H22FNO3/c1-3-4-9-14(16(20)21)18-15(19)10-11(2)12-7-5-6-8-13(12)17/h5-8,11,14H,3-4,9-10H2,1-2H3,(H,18,19)(H,20,21). The Labute approximate surface area is 124 Å². The first-order chi connectivity index (χ1) is 9.95. The summed E-state index contributed by atoms with van der Waals surface area (Å²) in [5.41, 5.74) is 0.466. The van der Waals surface area contributed by atoms with Crippen molar-refractivity contribution in [2.45, 2.75) is 51.5 Å². The topological polar surface area (TPSA) is 66.4 Å². The average molecular weight is 295 g/mol. The monoisotopic (exact) mass is 295 g/mol. The van der Waals surface area contributed by atoms with E-state index >= 15 is 0 Å². The quantitative estimate of drug-likeness (QED) is 0.774.